The fourth-order valence-electron chi connectivity index (χ4n) is 1.85. The summed E-state index contributed by atoms with van der Waals surface area (Å²) >= 11 is 0.946. The van der Waals surface area contributed by atoms with Crippen molar-refractivity contribution in [1.82, 2.24) is 5.32 Å². The van der Waals surface area contributed by atoms with E-state index >= 15 is 0 Å². The summed E-state index contributed by atoms with van der Waals surface area (Å²) in [5.74, 6) is 0.155. The molecule has 0 unspecified atom stereocenters. The van der Waals surface area contributed by atoms with Crippen LogP contribution < -0.4 is 5.32 Å². The van der Waals surface area contributed by atoms with E-state index in [2.05, 4.69) is 5.32 Å². The molecule has 0 atom stereocenters. The Morgan fingerprint density at radius 2 is 2.16 bits per heavy atom. The zero-order chi connectivity index (χ0) is 13.9. The van der Waals surface area contributed by atoms with Crippen molar-refractivity contribution in [3.63, 3.8) is 0 Å². The Balaban J connectivity index is 1.91. The number of amides is 1. The van der Waals surface area contributed by atoms with Gasteiger partial charge in [-0.3, -0.25) is 4.79 Å². The molecular weight excluding hydrogens is 310 g/mol. The summed E-state index contributed by atoms with van der Waals surface area (Å²) in [6.45, 7) is 2.04. The third kappa shape index (κ3) is 4.17. The van der Waals surface area contributed by atoms with Crippen molar-refractivity contribution < 1.29 is 17.9 Å². The highest BCUT2D eigenvalue weighted by Gasteiger charge is 2.18. The lowest BCUT2D eigenvalue weighted by Crippen LogP contribution is -2.31. The summed E-state index contributed by atoms with van der Waals surface area (Å²) in [5.41, 5.74) is 0.330. The summed E-state index contributed by atoms with van der Waals surface area (Å²) in [7, 11) is 1.46. The molecule has 1 amide bonds. The summed E-state index contributed by atoms with van der Waals surface area (Å²) < 4.78 is 27.4. The molecule has 0 bridgehead atoms. The van der Waals surface area contributed by atoms with E-state index in [0.29, 0.717) is 18.0 Å². The molecule has 2 heterocycles. The van der Waals surface area contributed by atoms with Crippen LogP contribution in [0.25, 0.3) is 0 Å². The van der Waals surface area contributed by atoms with Crippen LogP contribution in [0.15, 0.2) is 15.7 Å². The van der Waals surface area contributed by atoms with Gasteiger partial charge in [0.15, 0.2) is 0 Å². The van der Waals surface area contributed by atoms with Crippen LogP contribution in [0.1, 0.15) is 23.2 Å². The van der Waals surface area contributed by atoms with Crippen LogP contribution in [-0.2, 0) is 13.8 Å². The smallest absolute Gasteiger partial charge is 0.270 e. The van der Waals surface area contributed by atoms with E-state index < -0.39 is 9.05 Å². The molecule has 5 nitrogen and oxygen atoms in total. The maximum atomic E-state index is 11.9. The van der Waals surface area contributed by atoms with Crippen LogP contribution in [0.5, 0.6) is 0 Å². The number of rotatable bonds is 4. The molecule has 1 fully saturated rings. The number of thiophene rings is 1. The first-order valence-electron chi connectivity index (χ1n) is 5.86. The maximum absolute atomic E-state index is 11.9. The molecule has 0 spiro atoms. The van der Waals surface area contributed by atoms with Crippen molar-refractivity contribution in [2.24, 2.45) is 5.92 Å². The predicted octanol–water partition coefficient (Wildman–Crippen LogP) is 1.83. The van der Waals surface area contributed by atoms with E-state index in [1.165, 1.54) is 11.4 Å². The average Bonchev–Trinajstić information content (AvgIpc) is 2.87. The van der Waals surface area contributed by atoms with Crippen LogP contribution in [0.3, 0.4) is 0 Å². The standard InChI is InChI=1S/C11H14ClNO4S2/c12-19(15,16)10-5-9(7-18-10)11(14)13-6-8-1-3-17-4-2-8/h5,7-8H,1-4,6H2,(H,13,14). The van der Waals surface area contributed by atoms with E-state index in [1.807, 2.05) is 0 Å². The minimum Gasteiger partial charge on any atom is -0.381 e. The van der Waals surface area contributed by atoms with Crippen LogP contribution in [-0.4, -0.2) is 34.1 Å². The third-order valence-electron chi connectivity index (χ3n) is 2.97. The van der Waals surface area contributed by atoms with Gasteiger partial charge in [0.2, 0.25) is 0 Å². The first-order valence-corrected chi connectivity index (χ1v) is 9.05. The molecule has 0 saturated carbocycles. The lowest BCUT2D eigenvalue weighted by molar-refractivity contribution is 0.0643. The zero-order valence-corrected chi connectivity index (χ0v) is 12.5. The van der Waals surface area contributed by atoms with Gasteiger partial charge < -0.3 is 10.1 Å². The fourth-order valence-corrected chi connectivity index (χ4v) is 3.80. The molecule has 106 valence electrons. The van der Waals surface area contributed by atoms with Crippen molar-refractivity contribution in [2.75, 3.05) is 19.8 Å². The van der Waals surface area contributed by atoms with Crippen molar-refractivity contribution in [3.05, 3.63) is 17.0 Å². The minimum atomic E-state index is -3.76. The summed E-state index contributed by atoms with van der Waals surface area (Å²) in [6.07, 6.45) is 1.87. The molecule has 0 radical (unpaired) electrons. The number of hydrogen-bond acceptors (Lipinski definition) is 5. The van der Waals surface area contributed by atoms with E-state index in [1.54, 1.807) is 0 Å². The highest BCUT2D eigenvalue weighted by atomic mass is 35.7. The van der Waals surface area contributed by atoms with Gasteiger partial charge in [0.25, 0.3) is 15.0 Å². The number of carbonyl (C=O) groups excluding carboxylic acids is 1. The second-order valence-corrected chi connectivity index (χ2v) is 8.06. The molecule has 1 aromatic heterocycles. The van der Waals surface area contributed by atoms with Crippen LogP contribution in [0.2, 0.25) is 0 Å². The van der Waals surface area contributed by atoms with Gasteiger partial charge in [-0.15, -0.1) is 11.3 Å². The zero-order valence-electron chi connectivity index (χ0n) is 10.1. The van der Waals surface area contributed by atoms with Crippen molar-refractivity contribution in [1.29, 1.82) is 0 Å². The first-order chi connectivity index (χ1) is 8.97. The topological polar surface area (TPSA) is 72.5 Å². The minimum absolute atomic E-state index is 0.00890. The lowest BCUT2D eigenvalue weighted by Gasteiger charge is -2.21. The largest absolute Gasteiger partial charge is 0.381 e. The first kappa shape index (κ1) is 14.8. The Bertz CT molecular complexity index is 549. The van der Waals surface area contributed by atoms with Crippen LogP contribution in [0.4, 0.5) is 0 Å². The maximum Gasteiger partial charge on any atom is 0.270 e. The molecular formula is C11H14ClNO4S2. The molecule has 0 aliphatic carbocycles. The molecule has 8 heteroatoms. The molecule has 0 aromatic carbocycles. The van der Waals surface area contributed by atoms with Gasteiger partial charge in [-0.05, 0) is 24.8 Å². The van der Waals surface area contributed by atoms with Gasteiger partial charge in [0.05, 0.1) is 5.56 Å². The van der Waals surface area contributed by atoms with Gasteiger partial charge in [-0.1, -0.05) is 0 Å². The van der Waals surface area contributed by atoms with Crippen molar-refractivity contribution >= 4 is 37.0 Å². The Labute approximate surface area is 120 Å². The number of ether oxygens (including phenoxy) is 1. The lowest BCUT2D eigenvalue weighted by atomic mass is 10.0. The molecule has 1 saturated heterocycles. The van der Waals surface area contributed by atoms with Crippen LogP contribution in [0, 0.1) is 5.92 Å². The molecule has 1 aliphatic rings. The van der Waals surface area contributed by atoms with Gasteiger partial charge in [0.1, 0.15) is 4.21 Å². The Hall–Kier alpha value is -0.630. The third-order valence-corrected chi connectivity index (χ3v) is 6.01. The van der Waals surface area contributed by atoms with Gasteiger partial charge >= 0.3 is 0 Å². The van der Waals surface area contributed by atoms with Gasteiger partial charge in [-0.2, -0.15) is 0 Å². The quantitative estimate of drug-likeness (QED) is 0.858. The molecule has 1 aliphatic heterocycles. The summed E-state index contributed by atoms with van der Waals surface area (Å²) in [4.78, 5) is 11.9. The molecule has 19 heavy (non-hydrogen) atoms. The number of halogens is 1. The molecule has 1 N–H and O–H groups in total. The highest BCUT2D eigenvalue weighted by Crippen LogP contribution is 2.23. The normalized spacial score (nSPS) is 17.3. The Morgan fingerprint density at radius 3 is 2.74 bits per heavy atom. The predicted molar refractivity (Wildman–Crippen MR) is 73.2 cm³/mol. The van der Waals surface area contributed by atoms with Gasteiger partial charge in [0, 0.05) is 35.8 Å². The SMILES string of the molecule is O=C(NCC1CCOCC1)c1csc(S(=O)(=O)Cl)c1. The summed E-state index contributed by atoms with van der Waals surface area (Å²) in [6, 6.07) is 1.30. The van der Waals surface area contributed by atoms with Crippen molar-refractivity contribution in [3.8, 4) is 0 Å². The van der Waals surface area contributed by atoms with Crippen molar-refractivity contribution in [2.45, 2.75) is 17.1 Å². The highest BCUT2D eigenvalue weighted by molar-refractivity contribution is 8.15. The number of hydrogen-bond donors (Lipinski definition) is 1. The van der Waals surface area contributed by atoms with E-state index in [0.717, 1.165) is 37.4 Å². The average molecular weight is 324 g/mol. The summed E-state index contributed by atoms with van der Waals surface area (Å²) in [5, 5.41) is 4.30. The number of carbonyl (C=O) groups is 1. The molecule has 1 aromatic rings. The van der Waals surface area contributed by atoms with E-state index in [9.17, 15) is 13.2 Å². The van der Waals surface area contributed by atoms with Gasteiger partial charge in [-0.25, -0.2) is 8.42 Å². The van der Waals surface area contributed by atoms with E-state index in [4.69, 9.17) is 15.4 Å². The second-order valence-electron chi connectivity index (χ2n) is 4.36. The Morgan fingerprint density at radius 1 is 1.47 bits per heavy atom. The second kappa shape index (κ2) is 6.21. The number of nitrogens with one attached hydrogen (secondary N) is 1. The Kier molecular flexibility index (Phi) is 4.83. The van der Waals surface area contributed by atoms with Crippen LogP contribution >= 0.6 is 22.0 Å². The monoisotopic (exact) mass is 323 g/mol. The fraction of sp³-hybridized carbons (Fsp3) is 0.545. The van der Waals surface area contributed by atoms with E-state index in [-0.39, 0.29) is 10.1 Å². The molecule has 2 rings (SSSR count).